The van der Waals surface area contributed by atoms with Crippen LogP contribution in [0.15, 0.2) is 23.8 Å². The minimum absolute atomic E-state index is 0.0752. The summed E-state index contributed by atoms with van der Waals surface area (Å²) in [7, 11) is 0. The van der Waals surface area contributed by atoms with Gasteiger partial charge in [-0.1, -0.05) is 32.1 Å². The molecule has 0 fully saturated rings. The first-order chi connectivity index (χ1) is 5.56. The Kier molecular flexibility index (Phi) is 2.70. The SMILES string of the molecule is CC1(C)CC(=CCO)C=CC1O. The Morgan fingerprint density at radius 3 is 2.83 bits per heavy atom. The van der Waals surface area contributed by atoms with Crippen LogP contribution in [-0.2, 0) is 0 Å². The Morgan fingerprint density at radius 1 is 1.67 bits per heavy atom. The zero-order chi connectivity index (χ0) is 9.19. The number of rotatable bonds is 1. The molecule has 0 bridgehead atoms. The molecule has 12 heavy (non-hydrogen) atoms. The average molecular weight is 168 g/mol. The van der Waals surface area contributed by atoms with Crippen LogP contribution in [0.5, 0.6) is 0 Å². The van der Waals surface area contributed by atoms with Gasteiger partial charge in [0.05, 0.1) is 12.7 Å². The Balaban J connectivity index is 2.79. The molecule has 0 aromatic carbocycles. The molecule has 1 rings (SSSR count). The van der Waals surface area contributed by atoms with E-state index >= 15 is 0 Å². The zero-order valence-corrected chi connectivity index (χ0v) is 7.62. The first kappa shape index (κ1) is 9.49. The van der Waals surface area contributed by atoms with Crippen LogP contribution < -0.4 is 0 Å². The lowest BCUT2D eigenvalue weighted by Gasteiger charge is -2.32. The molecule has 2 heteroatoms. The van der Waals surface area contributed by atoms with Gasteiger partial charge in [0.15, 0.2) is 0 Å². The van der Waals surface area contributed by atoms with Crippen LogP contribution in [0.2, 0.25) is 0 Å². The van der Waals surface area contributed by atoms with Gasteiger partial charge in [0.25, 0.3) is 0 Å². The molecule has 0 radical (unpaired) electrons. The van der Waals surface area contributed by atoms with E-state index in [1.165, 1.54) is 0 Å². The van der Waals surface area contributed by atoms with Gasteiger partial charge in [-0.3, -0.25) is 0 Å². The highest BCUT2D eigenvalue weighted by Gasteiger charge is 2.29. The van der Waals surface area contributed by atoms with Gasteiger partial charge in [-0.25, -0.2) is 0 Å². The van der Waals surface area contributed by atoms with Gasteiger partial charge in [0.2, 0.25) is 0 Å². The van der Waals surface area contributed by atoms with Gasteiger partial charge in [0, 0.05) is 0 Å². The summed E-state index contributed by atoms with van der Waals surface area (Å²) in [6, 6.07) is 0. The molecule has 1 aliphatic rings. The minimum atomic E-state index is -0.367. The molecule has 0 saturated carbocycles. The van der Waals surface area contributed by atoms with E-state index in [1.54, 1.807) is 12.2 Å². The van der Waals surface area contributed by atoms with Crippen molar-refractivity contribution in [2.24, 2.45) is 5.41 Å². The largest absolute Gasteiger partial charge is 0.392 e. The molecule has 0 aromatic rings. The number of aliphatic hydroxyl groups excluding tert-OH is 2. The summed E-state index contributed by atoms with van der Waals surface area (Å²) in [5, 5.41) is 18.2. The molecule has 68 valence electrons. The fourth-order valence-corrected chi connectivity index (χ4v) is 1.42. The fraction of sp³-hybridized carbons (Fsp3) is 0.600. The van der Waals surface area contributed by atoms with E-state index in [4.69, 9.17) is 5.11 Å². The quantitative estimate of drug-likeness (QED) is 0.618. The number of allylic oxidation sites excluding steroid dienone is 2. The molecule has 0 aromatic heterocycles. The monoisotopic (exact) mass is 168 g/mol. The number of hydrogen-bond acceptors (Lipinski definition) is 2. The zero-order valence-electron chi connectivity index (χ0n) is 7.62. The molecule has 0 spiro atoms. The maximum Gasteiger partial charge on any atom is 0.0778 e. The highest BCUT2D eigenvalue weighted by molar-refractivity contribution is 5.26. The predicted octanol–water partition coefficient (Wildman–Crippen LogP) is 1.25. The Bertz CT molecular complexity index is 214. The maximum absolute atomic E-state index is 9.55. The van der Waals surface area contributed by atoms with Crippen LogP contribution in [0.3, 0.4) is 0 Å². The topological polar surface area (TPSA) is 40.5 Å². The van der Waals surface area contributed by atoms with Crippen LogP contribution >= 0.6 is 0 Å². The Morgan fingerprint density at radius 2 is 2.33 bits per heavy atom. The number of aliphatic hydroxyl groups is 2. The van der Waals surface area contributed by atoms with Crippen LogP contribution in [-0.4, -0.2) is 22.9 Å². The van der Waals surface area contributed by atoms with Gasteiger partial charge in [-0.05, 0) is 17.4 Å². The summed E-state index contributed by atoms with van der Waals surface area (Å²) in [6.45, 7) is 4.12. The second kappa shape index (κ2) is 3.42. The van der Waals surface area contributed by atoms with Gasteiger partial charge in [0.1, 0.15) is 0 Å². The van der Waals surface area contributed by atoms with Gasteiger partial charge in [-0.15, -0.1) is 0 Å². The van der Waals surface area contributed by atoms with Crippen molar-refractivity contribution >= 4 is 0 Å². The van der Waals surface area contributed by atoms with E-state index in [2.05, 4.69) is 0 Å². The number of hydrogen-bond donors (Lipinski definition) is 2. The minimum Gasteiger partial charge on any atom is -0.392 e. The smallest absolute Gasteiger partial charge is 0.0778 e. The first-order valence-corrected chi connectivity index (χ1v) is 4.22. The van der Waals surface area contributed by atoms with Crippen LogP contribution in [0.25, 0.3) is 0 Å². The third kappa shape index (κ3) is 1.96. The second-order valence-corrected chi connectivity index (χ2v) is 3.93. The molecule has 1 atom stereocenters. The van der Waals surface area contributed by atoms with E-state index in [9.17, 15) is 5.11 Å². The van der Waals surface area contributed by atoms with Crippen molar-refractivity contribution < 1.29 is 10.2 Å². The van der Waals surface area contributed by atoms with Crippen molar-refractivity contribution in [2.75, 3.05) is 6.61 Å². The summed E-state index contributed by atoms with van der Waals surface area (Å²) in [6.07, 6.45) is 5.90. The first-order valence-electron chi connectivity index (χ1n) is 4.22. The summed E-state index contributed by atoms with van der Waals surface area (Å²) >= 11 is 0. The molecular weight excluding hydrogens is 152 g/mol. The van der Waals surface area contributed by atoms with Crippen LogP contribution in [0, 0.1) is 5.41 Å². The van der Waals surface area contributed by atoms with Crippen LogP contribution in [0.4, 0.5) is 0 Å². The van der Waals surface area contributed by atoms with Crippen molar-refractivity contribution in [3.05, 3.63) is 23.8 Å². The van der Waals surface area contributed by atoms with E-state index in [0.717, 1.165) is 12.0 Å². The van der Waals surface area contributed by atoms with Crippen molar-refractivity contribution in [3.63, 3.8) is 0 Å². The second-order valence-electron chi connectivity index (χ2n) is 3.93. The van der Waals surface area contributed by atoms with Crippen molar-refractivity contribution in [3.8, 4) is 0 Å². The van der Waals surface area contributed by atoms with E-state index in [0.29, 0.717) is 0 Å². The summed E-state index contributed by atoms with van der Waals surface area (Å²) in [5.74, 6) is 0. The normalized spacial score (nSPS) is 31.0. The molecule has 0 amide bonds. The summed E-state index contributed by atoms with van der Waals surface area (Å²) in [5.41, 5.74) is 1.00. The summed E-state index contributed by atoms with van der Waals surface area (Å²) < 4.78 is 0. The van der Waals surface area contributed by atoms with Crippen molar-refractivity contribution in [1.29, 1.82) is 0 Å². The summed E-state index contributed by atoms with van der Waals surface area (Å²) in [4.78, 5) is 0. The molecule has 1 unspecified atom stereocenters. The third-order valence-electron chi connectivity index (χ3n) is 2.31. The molecular formula is C10H16O2. The fourth-order valence-electron chi connectivity index (χ4n) is 1.42. The van der Waals surface area contributed by atoms with Gasteiger partial charge in [-0.2, -0.15) is 0 Å². The average Bonchev–Trinajstić information content (AvgIpc) is 1.97. The Labute approximate surface area is 73.2 Å². The third-order valence-corrected chi connectivity index (χ3v) is 2.31. The highest BCUT2D eigenvalue weighted by atomic mass is 16.3. The lowest BCUT2D eigenvalue weighted by molar-refractivity contribution is 0.0868. The van der Waals surface area contributed by atoms with Gasteiger partial charge < -0.3 is 10.2 Å². The molecule has 0 aliphatic heterocycles. The molecule has 1 aliphatic carbocycles. The maximum atomic E-state index is 9.55. The standard InChI is InChI=1S/C10H16O2/c1-10(2)7-8(5-6-11)3-4-9(10)12/h3-5,9,11-12H,6-7H2,1-2H3. The highest BCUT2D eigenvalue weighted by Crippen LogP contribution is 2.34. The van der Waals surface area contributed by atoms with E-state index in [1.807, 2.05) is 19.9 Å². The molecule has 2 nitrogen and oxygen atoms in total. The van der Waals surface area contributed by atoms with E-state index in [-0.39, 0.29) is 18.1 Å². The molecule has 2 N–H and O–H groups in total. The van der Waals surface area contributed by atoms with Crippen LogP contribution in [0.1, 0.15) is 20.3 Å². The van der Waals surface area contributed by atoms with Crippen molar-refractivity contribution in [2.45, 2.75) is 26.4 Å². The molecule has 0 heterocycles. The predicted molar refractivity (Wildman–Crippen MR) is 48.7 cm³/mol. The van der Waals surface area contributed by atoms with E-state index < -0.39 is 0 Å². The molecule has 0 saturated heterocycles. The van der Waals surface area contributed by atoms with Crippen molar-refractivity contribution in [1.82, 2.24) is 0 Å². The lowest BCUT2D eigenvalue weighted by atomic mass is 9.76. The lowest BCUT2D eigenvalue weighted by Crippen LogP contribution is -2.30. The van der Waals surface area contributed by atoms with Gasteiger partial charge >= 0.3 is 0 Å². The Hall–Kier alpha value is -0.600.